The van der Waals surface area contributed by atoms with Gasteiger partial charge in [0.25, 0.3) is 0 Å². The van der Waals surface area contributed by atoms with Crippen molar-refractivity contribution >= 4 is 17.3 Å². The van der Waals surface area contributed by atoms with Gasteiger partial charge in [-0.1, -0.05) is 47.1 Å². The molecule has 0 aromatic heterocycles. The van der Waals surface area contributed by atoms with Crippen molar-refractivity contribution in [2.75, 3.05) is 0 Å². The first-order valence-corrected chi connectivity index (χ1v) is 7.77. The van der Waals surface area contributed by atoms with Crippen LogP contribution in [-0.4, -0.2) is 16.5 Å². The van der Waals surface area contributed by atoms with Crippen LogP contribution in [0.1, 0.15) is 22.3 Å². The van der Waals surface area contributed by atoms with Crippen LogP contribution in [-0.2, 0) is 23.7 Å². The molecule has 0 radical (unpaired) electrons. The van der Waals surface area contributed by atoms with E-state index >= 15 is 0 Å². The van der Waals surface area contributed by atoms with Gasteiger partial charge in [-0.3, -0.25) is 0 Å². The highest BCUT2D eigenvalue weighted by molar-refractivity contribution is 6.33. The van der Waals surface area contributed by atoms with Crippen LogP contribution in [0.5, 0.6) is 0 Å². The maximum absolute atomic E-state index is 12.9. The zero-order valence-electron chi connectivity index (χ0n) is 13.4. The van der Waals surface area contributed by atoms with Gasteiger partial charge in [0.2, 0.25) is 0 Å². The number of rotatable bonds is 5. The Labute approximate surface area is 154 Å². The lowest BCUT2D eigenvalue weighted by Crippen LogP contribution is -2.20. The summed E-state index contributed by atoms with van der Waals surface area (Å²) in [5.41, 5.74) is -4.46. The normalized spacial score (nSPS) is 14.3. The largest absolute Gasteiger partial charge is 0.416 e. The summed E-state index contributed by atoms with van der Waals surface area (Å²) in [6.45, 7) is -0.660. The minimum Gasteiger partial charge on any atom is -0.411 e. The van der Waals surface area contributed by atoms with Gasteiger partial charge >= 0.3 is 12.4 Å². The summed E-state index contributed by atoms with van der Waals surface area (Å²) in [5.74, 6) is 0. The highest BCUT2D eigenvalue weighted by atomic mass is 35.5. The zero-order valence-corrected chi connectivity index (χ0v) is 14.1. The Morgan fingerprint density at radius 3 is 1.93 bits per heavy atom. The van der Waals surface area contributed by atoms with Crippen molar-refractivity contribution in [2.45, 2.75) is 24.5 Å². The Bertz CT molecular complexity index is 773. The van der Waals surface area contributed by atoms with Crippen LogP contribution < -0.4 is 0 Å². The SMILES string of the molecule is ON=C(c1ccccc1)C(Cl)OCc1cc(C(F)(F)F)cc(C(F)(F)F)c1. The van der Waals surface area contributed by atoms with Crippen molar-refractivity contribution in [3.05, 3.63) is 70.8 Å². The predicted octanol–water partition coefficient (Wildman–Crippen LogP) is 5.68. The monoisotopic (exact) mass is 411 g/mol. The molecule has 0 aliphatic rings. The maximum Gasteiger partial charge on any atom is 0.416 e. The summed E-state index contributed by atoms with van der Waals surface area (Å²) in [6, 6.07) is 9.10. The van der Waals surface area contributed by atoms with E-state index in [4.69, 9.17) is 21.5 Å². The Hall–Kier alpha value is -2.26. The van der Waals surface area contributed by atoms with Crippen molar-refractivity contribution in [1.82, 2.24) is 0 Å². The van der Waals surface area contributed by atoms with Crippen LogP contribution in [0.2, 0.25) is 0 Å². The molecule has 146 valence electrons. The lowest BCUT2D eigenvalue weighted by molar-refractivity contribution is -0.143. The van der Waals surface area contributed by atoms with Gasteiger partial charge in [0.05, 0.1) is 17.7 Å². The number of halogens is 7. The molecule has 3 nitrogen and oxygen atoms in total. The maximum atomic E-state index is 12.9. The van der Waals surface area contributed by atoms with Crippen molar-refractivity contribution in [3.8, 4) is 0 Å². The van der Waals surface area contributed by atoms with E-state index < -0.39 is 35.6 Å². The number of benzene rings is 2. The first-order chi connectivity index (χ1) is 12.5. The molecule has 1 unspecified atom stereocenters. The number of ether oxygens (including phenoxy) is 1. The van der Waals surface area contributed by atoms with E-state index in [-0.39, 0.29) is 17.3 Å². The predicted molar refractivity (Wildman–Crippen MR) is 85.6 cm³/mol. The lowest BCUT2D eigenvalue weighted by atomic mass is 10.1. The van der Waals surface area contributed by atoms with Crippen LogP contribution in [0.4, 0.5) is 26.3 Å². The number of alkyl halides is 7. The molecule has 1 atom stereocenters. The average molecular weight is 412 g/mol. The molecule has 0 bridgehead atoms. The Morgan fingerprint density at radius 2 is 1.48 bits per heavy atom. The van der Waals surface area contributed by atoms with Crippen molar-refractivity contribution in [3.63, 3.8) is 0 Å². The molecule has 0 aliphatic carbocycles. The van der Waals surface area contributed by atoms with Crippen LogP contribution >= 0.6 is 11.6 Å². The zero-order chi connectivity index (χ0) is 20.2. The van der Waals surface area contributed by atoms with E-state index in [1.165, 1.54) is 0 Å². The second-order valence-electron chi connectivity index (χ2n) is 5.39. The third-order valence-electron chi connectivity index (χ3n) is 3.44. The van der Waals surface area contributed by atoms with Crippen LogP contribution in [0.15, 0.2) is 53.7 Å². The van der Waals surface area contributed by atoms with Gasteiger partial charge in [0.1, 0.15) is 5.71 Å². The molecular formula is C17H12ClF6NO2. The fraction of sp³-hybridized carbons (Fsp3) is 0.235. The van der Waals surface area contributed by atoms with Gasteiger partial charge < -0.3 is 9.94 Å². The van der Waals surface area contributed by atoms with E-state index in [0.717, 1.165) is 0 Å². The fourth-order valence-corrected chi connectivity index (χ4v) is 2.43. The minimum atomic E-state index is -4.96. The Kier molecular flexibility index (Phi) is 6.38. The molecule has 0 amide bonds. The summed E-state index contributed by atoms with van der Waals surface area (Å²) in [4.78, 5) is 0. The van der Waals surface area contributed by atoms with E-state index in [1.54, 1.807) is 30.3 Å². The van der Waals surface area contributed by atoms with Gasteiger partial charge in [-0.05, 0) is 23.8 Å². The number of hydrogen-bond acceptors (Lipinski definition) is 3. The molecule has 0 fully saturated rings. The highest BCUT2D eigenvalue weighted by Gasteiger charge is 2.37. The molecule has 27 heavy (non-hydrogen) atoms. The molecule has 2 rings (SSSR count). The van der Waals surface area contributed by atoms with Crippen molar-refractivity contribution in [1.29, 1.82) is 0 Å². The Balaban J connectivity index is 2.24. The van der Waals surface area contributed by atoms with E-state index in [2.05, 4.69) is 5.16 Å². The summed E-state index contributed by atoms with van der Waals surface area (Å²) < 4.78 is 82.2. The standard InChI is InChI=1S/C17H12ClF6NO2/c18-15(14(25-26)11-4-2-1-3-5-11)27-9-10-6-12(16(19,20)21)8-13(7-10)17(22,23)24/h1-8,15,26H,9H2. The number of oxime groups is 1. The molecule has 0 aliphatic heterocycles. The highest BCUT2D eigenvalue weighted by Crippen LogP contribution is 2.36. The smallest absolute Gasteiger partial charge is 0.411 e. The van der Waals surface area contributed by atoms with E-state index in [9.17, 15) is 26.3 Å². The molecule has 0 heterocycles. The third-order valence-corrected chi connectivity index (χ3v) is 3.77. The van der Waals surface area contributed by atoms with Crippen LogP contribution in [0, 0.1) is 0 Å². The molecule has 2 aromatic carbocycles. The van der Waals surface area contributed by atoms with Crippen LogP contribution in [0.25, 0.3) is 0 Å². The quantitative estimate of drug-likeness (QED) is 0.226. The summed E-state index contributed by atoms with van der Waals surface area (Å²) >= 11 is 5.93. The fourth-order valence-electron chi connectivity index (χ4n) is 2.19. The van der Waals surface area contributed by atoms with Crippen molar-refractivity contribution in [2.24, 2.45) is 5.16 Å². The summed E-state index contributed by atoms with van der Waals surface area (Å²) in [7, 11) is 0. The van der Waals surface area contributed by atoms with Crippen molar-refractivity contribution < 1.29 is 36.3 Å². The molecule has 0 saturated carbocycles. The van der Waals surface area contributed by atoms with E-state index in [1.807, 2.05) is 0 Å². The second kappa shape index (κ2) is 8.18. The summed E-state index contributed by atoms with van der Waals surface area (Å²) in [6.07, 6.45) is -9.92. The lowest BCUT2D eigenvalue weighted by Gasteiger charge is -2.16. The Morgan fingerprint density at radius 1 is 0.963 bits per heavy atom. The molecule has 0 spiro atoms. The first-order valence-electron chi connectivity index (χ1n) is 7.34. The number of hydrogen-bond donors (Lipinski definition) is 1. The van der Waals surface area contributed by atoms with Gasteiger partial charge in [-0.15, -0.1) is 0 Å². The molecule has 2 aromatic rings. The molecule has 10 heteroatoms. The summed E-state index contributed by atoms with van der Waals surface area (Å²) in [5, 5.41) is 12.1. The van der Waals surface area contributed by atoms with E-state index in [0.29, 0.717) is 17.7 Å². The molecule has 1 N–H and O–H groups in total. The van der Waals surface area contributed by atoms with Gasteiger partial charge in [0, 0.05) is 5.56 Å². The van der Waals surface area contributed by atoms with Gasteiger partial charge in [0.15, 0.2) is 5.56 Å². The van der Waals surface area contributed by atoms with Gasteiger partial charge in [-0.25, -0.2) is 0 Å². The molecular weight excluding hydrogens is 400 g/mol. The van der Waals surface area contributed by atoms with Crippen LogP contribution in [0.3, 0.4) is 0 Å². The van der Waals surface area contributed by atoms with Gasteiger partial charge in [-0.2, -0.15) is 26.3 Å². The molecule has 0 saturated heterocycles. The minimum absolute atomic E-state index is 0.0201. The average Bonchev–Trinajstić information content (AvgIpc) is 2.60. The first kappa shape index (κ1) is 21.0. The number of nitrogens with zero attached hydrogens (tertiary/aromatic N) is 1. The third kappa shape index (κ3) is 5.61. The second-order valence-corrected chi connectivity index (χ2v) is 5.79. The topological polar surface area (TPSA) is 41.8 Å².